The van der Waals surface area contributed by atoms with E-state index < -0.39 is 0 Å². The van der Waals surface area contributed by atoms with E-state index in [1.54, 1.807) is 0 Å². The van der Waals surface area contributed by atoms with Crippen LogP contribution in [0.3, 0.4) is 0 Å². The second-order valence-corrected chi connectivity index (χ2v) is 6.64. The largest absolute Gasteiger partial charge is 0.385 e. The van der Waals surface area contributed by atoms with Crippen LogP contribution in [-0.4, -0.2) is 30.0 Å². The molecular formula is C16H24N2OS. The van der Waals surface area contributed by atoms with Crippen LogP contribution in [0.1, 0.15) is 38.2 Å². The van der Waals surface area contributed by atoms with E-state index in [9.17, 15) is 4.79 Å². The molecule has 1 amide bonds. The fourth-order valence-electron chi connectivity index (χ4n) is 2.56. The molecule has 2 rings (SSSR count). The summed E-state index contributed by atoms with van der Waals surface area (Å²) in [4.78, 5) is 12.5. The lowest BCUT2D eigenvalue weighted by atomic mass is 9.90. The minimum Gasteiger partial charge on any atom is -0.385 e. The minimum absolute atomic E-state index is 0.00581. The zero-order valence-corrected chi connectivity index (χ0v) is 13.1. The number of thioether (sulfide) groups is 1. The number of rotatable bonds is 6. The number of carbonyl (C=O) groups is 1. The van der Waals surface area contributed by atoms with Crippen molar-refractivity contribution in [2.75, 3.05) is 23.4 Å². The van der Waals surface area contributed by atoms with Crippen molar-refractivity contribution in [3.8, 4) is 0 Å². The molecule has 1 aliphatic heterocycles. The number of nitrogens with one attached hydrogen (secondary N) is 2. The van der Waals surface area contributed by atoms with Gasteiger partial charge in [0.1, 0.15) is 0 Å². The quantitative estimate of drug-likeness (QED) is 0.791. The van der Waals surface area contributed by atoms with Crippen molar-refractivity contribution in [3.05, 3.63) is 29.8 Å². The van der Waals surface area contributed by atoms with E-state index in [0.717, 1.165) is 42.1 Å². The van der Waals surface area contributed by atoms with Gasteiger partial charge in [-0.2, -0.15) is 11.8 Å². The lowest BCUT2D eigenvalue weighted by Crippen LogP contribution is -2.38. The lowest BCUT2D eigenvalue weighted by molar-refractivity contribution is -0.123. The lowest BCUT2D eigenvalue weighted by Gasteiger charge is -2.27. The molecule has 0 aromatic heterocycles. The standard InChI is InChI=1S/C16H24N2OS/c1-3-20-11-9-12(2)18-16(19)14-8-10-17-15-7-5-4-6-13(14)15/h4-7,12,14,17H,3,8-11H2,1-2H3,(H,18,19). The SMILES string of the molecule is CCSCCC(C)NC(=O)C1CCNc2ccccc21. The molecule has 1 aliphatic rings. The van der Waals surface area contributed by atoms with Gasteiger partial charge in [0.25, 0.3) is 0 Å². The molecule has 0 saturated carbocycles. The number of benzene rings is 1. The summed E-state index contributed by atoms with van der Waals surface area (Å²) >= 11 is 1.93. The predicted molar refractivity (Wildman–Crippen MR) is 87.5 cm³/mol. The Morgan fingerprint density at radius 3 is 3.10 bits per heavy atom. The predicted octanol–water partition coefficient (Wildman–Crippen LogP) is 3.23. The second kappa shape index (κ2) is 7.58. The number of hydrogen-bond donors (Lipinski definition) is 2. The van der Waals surface area contributed by atoms with Gasteiger partial charge in [0, 0.05) is 18.3 Å². The molecule has 4 heteroatoms. The van der Waals surface area contributed by atoms with Crippen LogP contribution in [0.15, 0.2) is 24.3 Å². The number of amides is 1. The summed E-state index contributed by atoms with van der Waals surface area (Å²) in [5, 5.41) is 6.53. The van der Waals surface area contributed by atoms with Crippen molar-refractivity contribution >= 4 is 23.4 Å². The number of anilines is 1. The van der Waals surface area contributed by atoms with E-state index in [0.29, 0.717) is 0 Å². The topological polar surface area (TPSA) is 41.1 Å². The third kappa shape index (κ3) is 3.92. The molecule has 2 unspecified atom stereocenters. The maximum atomic E-state index is 12.5. The maximum Gasteiger partial charge on any atom is 0.227 e. The number of hydrogen-bond acceptors (Lipinski definition) is 3. The molecule has 2 atom stereocenters. The van der Waals surface area contributed by atoms with E-state index in [4.69, 9.17) is 0 Å². The molecule has 2 N–H and O–H groups in total. The third-order valence-electron chi connectivity index (χ3n) is 3.69. The summed E-state index contributed by atoms with van der Waals surface area (Å²) in [6, 6.07) is 8.38. The van der Waals surface area contributed by atoms with E-state index >= 15 is 0 Å². The van der Waals surface area contributed by atoms with Crippen LogP contribution in [0, 0.1) is 0 Å². The summed E-state index contributed by atoms with van der Waals surface area (Å²) in [6.45, 7) is 5.14. The normalized spacial score (nSPS) is 18.8. The average molecular weight is 292 g/mol. The molecule has 0 bridgehead atoms. The fraction of sp³-hybridized carbons (Fsp3) is 0.562. The molecule has 0 spiro atoms. The highest BCUT2D eigenvalue weighted by atomic mass is 32.2. The zero-order valence-electron chi connectivity index (χ0n) is 12.3. The summed E-state index contributed by atoms with van der Waals surface area (Å²) in [6.07, 6.45) is 1.91. The Morgan fingerprint density at radius 2 is 2.30 bits per heavy atom. The Balaban J connectivity index is 1.93. The smallest absolute Gasteiger partial charge is 0.227 e. The Bertz CT molecular complexity index is 450. The van der Waals surface area contributed by atoms with Crippen molar-refractivity contribution in [2.45, 2.75) is 38.6 Å². The Morgan fingerprint density at radius 1 is 1.50 bits per heavy atom. The summed E-state index contributed by atoms with van der Waals surface area (Å²) in [5.41, 5.74) is 2.24. The summed E-state index contributed by atoms with van der Waals surface area (Å²) in [7, 11) is 0. The molecule has 1 aromatic carbocycles. The Hall–Kier alpha value is -1.16. The Kier molecular flexibility index (Phi) is 5.77. The van der Waals surface area contributed by atoms with Crippen molar-refractivity contribution < 1.29 is 4.79 Å². The van der Waals surface area contributed by atoms with Gasteiger partial charge in [-0.15, -0.1) is 0 Å². The highest BCUT2D eigenvalue weighted by Crippen LogP contribution is 2.31. The van der Waals surface area contributed by atoms with Gasteiger partial charge < -0.3 is 10.6 Å². The number of carbonyl (C=O) groups excluding carboxylic acids is 1. The highest BCUT2D eigenvalue weighted by Gasteiger charge is 2.26. The van der Waals surface area contributed by atoms with Crippen molar-refractivity contribution in [1.29, 1.82) is 0 Å². The summed E-state index contributed by atoms with van der Waals surface area (Å²) in [5.74, 6) is 2.42. The van der Waals surface area contributed by atoms with E-state index in [2.05, 4.69) is 36.6 Å². The Labute approximate surface area is 125 Å². The van der Waals surface area contributed by atoms with Crippen molar-refractivity contribution in [3.63, 3.8) is 0 Å². The van der Waals surface area contributed by atoms with E-state index in [1.807, 2.05) is 23.9 Å². The number of fused-ring (bicyclic) bond motifs is 1. The average Bonchev–Trinajstić information content (AvgIpc) is 2.47. The monoisotopic (exact) mass is 292 g/mol. The molecule has 0 saturated heterocycles. The van der Waals surface area contributed by atoms with E-state index in [1.165, 1.54) is 0 Å². The van der Waals surface area contributed by atoms with Crippen LogP contribution in [0.2, 0.25) is 0 Å². The van der Waals surface area contributed by atoms with Gasteiger partial charge in [-0.3, -0.25) is 4.79 Å². The zero-order chi connectivity index (χ0) is 14.4. The van der Waals surface area contributed by atoms with Gasteiger partial charge in [-0.25, -0.2) is 0 Å². The van der Waals surface area contributed by atoms with Crippen LogP contribution in [0.25, 0.3) is 0 Å². The van der Waals surface area contributed by atoms with Crippen molar-refractivity contribution in [1.82, 2.24) is 5.32 Å². The van der Waals surface area contributed by atoms with Gasteiger partial charge in [0.05, 0.1) is 5.92 Å². The minimum atomic E-state index is -0.00581. The van der Waals surface area contributed by atoms with Gasteiger partial charge in [0.15, 0.2) is 0 Å². The van der Waals surface area contributed by atoms with Gasteiger partial charge >= 0.3 is 0 Å². The summed E-state index contributed by atoms with van der Waals surface area (Å²) < 4.78 is 0. The van der Waals surface area contributed by atoms with Gasteiger partial charge in [0.2, 0.25) is 5.91 Å². The first-order chi connectivity index (χ1) is 9.72. The molecule has 0 radical (unpaired) electrons. The van der Waals surface area contributed by atoms with Crippen molar-refractivity contribution in [2.24, 2.45) is 0 Å². The molecule has 3 nitrogen and oxygen atoms in total. The first kappa shape index (κ1) is 15.2. The van der Waals surface area contributed by atoms with Crippen LogP contribution in [-0.2, 0) is 4.79 Å². The first-order valence-corrected chi connectivity index (χ1v) is 8.58. The van der Waals surface area contributed by atoms with Gasteiger partial charge in [-0.1, -0.05) is 25.1 Å². The molecule has 1 aromatic rings. The van der Waals surface area contributed by atoms with Crippen LogP contribution < -0.4 is 10.6 Å². The molecule has 1 heterocycles. The van der Waals surface area contributed by atoms with Gasteiger partial charge in [-0.05, 0) is 42.9 Å². The molecule has 0 aliphatic carbocycles. The van der Waals surface area contributed by atoms with E-state index in [-0.39, 0.29) is 17.9 Å². The third-order valence-corrected chi connectivity index (χ3v) is 4.62. The molecular weight excluding hydrogens is 268 g/mol. The van der Waals surface area contributed by atoms with Crippen LogP contribution in [0.4, 0.5) is 5.69 Å². The maximum absolute atomic E-state index is 12.5. The fourth-order valence-corrected chi connectivity index (χ4v) is 3.37. The highest BCUT2D eigenvalue weighted by molar-refractivity contribution is 7.99. The molecule has 20 heavy (non-hydrogen) atoms. The molecule has 110 valence electrons. The van der Waals surface area contributed by atoms with Crippen LogP contribution >= 0.6 is 11.8 Å². The molecule has 0 fully saturated rings. The number of para-hydroxylation sites is 1. The second-order valence-electron chi connectivity index (χ2n) is 5.25. The first-order valence-electron chi connectivity index (χ1n) is 7.43. The van der Waals surface area contributed by atoms with Crippen LogP contribution in [0.5, 0.6) is 0 Å².